The fraction of sp³-hybridized carbons (Fsp3) is 0.188. The van der Waals surface area contributed by atoms with E-state index in [1.54, 1.807) is 11.9 Å². The van der Waals surface area contributed by atoms with E-state index >= 15 is 0 Å². The molecule has 0 amide bonds. The van der Waals surface area contributed by atoms with E-state index in [1.165, 1.54) is 7.11 Å². The average Bonchev–Trinajstić information content (AvgIpc) is 2.95. The minimum Gasteiger partial charge on any atom is -0.480 e. The number of halogens is 5. The van der Waals surface area contributed by atoms with Crippen LogP contribution in [0, 0.1) is 12.7 Å². The SMILES string of the molecule is COc1nc(-c2cc(-n3c(C(F)(F)F)cc(=O)[nH]c3=O)c(F)cc2Cl)sc1C. The first-order valence-electron chi connectivity index (χ1n) is 7.47. The number of benzene rings is 1. The lowest BCUT2D eigenvalue weighted by Gasteiger charge is -2.16. The molecule has 0 saturated heterocycles. The van der Waals surface area contributed by atoms with E-state index in [9.17, 15) is 27.2 Å². The highest BCUT2D eigenvalue weighted by Gasteiger charge is 2.36. The van der Waals surface area contributed by atoms with Crippen molar-refractivity contribution in [3.63, 3.8) is 0 Å². The van der Waals surface area contributed by atoms with Crippen molar-refractivity contribution in [1.29, 1.82) is 0 Å². The van der Waals surface area contributed by atoms with Crippen LogP contribution in [-0.4, -0.2) is 21.6 Å². The van der Waals surface area contributed by atoms with Crippen molar-refractivity contribution in [2.24, 2.45) is 0 Å². The largest absolute Gasteiger partial charge is 0.480 e. The van der Waals surface area contributed by atoms with Gasteiger partial charge in [0, 0.05) is 11.6 Å². The number of aromatic amines is 1. The monoisotopic (exact) mass is 435 g/mol. The lowest BCUT2D eigenvalue weighted by atomic mass is 10.2. The molecule has 1 aromatic carbocycles. The first-order valence-corrected chi connectivity index (χ1v) is 8.67. The Labute approximate surface area is 163 Å². The Hall–Kier alpha value is -2.66. The maximum Gasteiger partial charge on any atom is 0.432 e. The number of alkyl halides is 3. The Balaban J connectivity index is 2.33. The van der Waals surface area contributed by atoms with Crippen LogP contribution >= 0.6 is 22.9 Å². The van der Waals surface area contributed by atoms with Crippen molar-refractivity contribution in [2.75, 3.05) is 7.11 Å². The van der Waals surface area contributed by atoms with Gasteiger partial charge < -0.3 is 4.74 Å². The molecule has 3 rings (SSSR count). The van der Waals surface area contributed by atoms with Gasteiger partial charge in [0.1, 0.15) is 16.5 Å². The highest BCUT2D eigenvalue weighted by atomic mass is 35.5. The van der Waals surface area contributed by atoms with Gasteiger partial charge in [0.25, 0.3) is 5.56 Å². The molecule has 0 aliphatic heterocycles. The molecule has 0 spiro atoms. The van der Waals surface area contributed by atoms with Gasteiger partial charge in [-0.15, -0.1) is 11.3 Å². The summed E-state index contributed by atoms with van der Waals surface area (Å²) in [6.45, 7) is 1.70. The third-order valence-corrected chi connectivity index (χ3v) is 4.99. The number of thiazole rings is 1. The van der Waals surface area contributed by atoms with Crippen LogP contribution in [0.4, 0.5) is 17.6 Å². The summed E-state index contributed by atoms with van der Waals surface area (Å²) in [7, 11) is 1.39. The molecule has 0 saturated carbocycles. The first-order chi connectivity index (χ1) is 13.0. The van der Waals surface area contributed by atoms with Gasteiger partial charge in [0.15, 0.2) is 0 Å². The van der Waals surface area contributed by atoms with E-state index in [-0.39, 0.29) is 32.1 Å². The Bertz CT molecular complexity index is 1180. The minimum atomic E-state index is -5.08. The van der Waals surface area contributed by atoms with E-state index in [0.29, 0.717) is 4.88 Å². The molecule has 0 radical (unpaired) electrons. The molecule has 1 N–H and O–H groups in total. The third-order valence-electron chi connectivity index (χ3n) is 3.69. The van der Waals surface area contributed by atoms with Crippen LogP contribution in [0.25, 0.3) is 16.3 Å². The summed E-state index contributed by atoms with van der Waals surface area (Å²) in [5.74, 6) is -0.909. The molecule has 28 heavy (non-hydrogen) atoms. The average molecular weight is 436 g/mol. The van der Waals surface area contributed by atoms with Gasteiger partial charge in [-0.3, -0.25) is 14.3 Å². The number of methoxy groups -OCH3 is 1. The van der Waals surface area contributed by atoms with E-state index in [0.717, 1.165) is 23.5 Å². The number of nitrogens with zero attached hydrogens (tertiary/aromatic N) is 2. The molecular formula is C16H10ClF4N3O3S. The highest BCUT2D eigenvalue weighted by molar-refractivity contribution is 7.15. The Morgan fingerprint density at radius 1 is 1.25 bits per heavy atom. The lowest BCUT2D eigenvalue weighted by Crippen LogP contribution is -2.34. The maximum atomic E-state index is 14.5. The van der Waals surface area contributed by atoms with Gasteiger partial charge in [0.05, 0.1) is 22.7 Å². The molecule has 3 aromatic rings. The Kier molecular flexibility index (Phi) is 5.06. The third kappa shape index (κ3) is 3.54. The molecule has 0 unspecified atom stereocenters. The van der Waals surface area contributed by atoms with Crippen molar-refractivity contribution in [3.05, 3.63) is 60.4 Å². The highest BCUT2D eigenvalue weighted by Crippen LogP contribution is 2.38. The topological polar surface area (TPSA) is 77.0 Å². The summed E-state index contributed by atoms with van der Waals surface area (Å²) in [5, 5.41) is 0.135. The molecule has 2 aromatic heterocycles. The molecule has 0 bridgehead atoms. The summed E-state index contributed by atoms with van der Waals surface area (Å²) in [6.07, 6.45) is -5.08. The maximum absolute atomic E-state index is 14.5. The van der Waals surface area contributed by atoms with Gasteiger partial charge in [0.2, 0.25) is 5.88 Å². The lowest BCUT2D eigenvalue weighted by molar-refractivity contribution is -0.143. The van der Waals surface area contributed by atoms with Gasteiger partial charge in [-0.05, 0) is 19.1 Å². The first kappa shape index (κ1) is 20.1. The van der Waals surface area contributed by atoms with Gasteiger partial charge in [-0.1, -0.05) is 11.6 Å². The predicted molar refractivity (Wildman–Crippen MR) is 95.0 cm³/mol. The normalized spacial score (nSPS) is 11.7. The number of hydrogen-bond donors (Lipinski definition) is 1. The van der Waals surface area contributed by atoms with Gasteiger partial charge in [-0.25, -0.2) is 14.2 Å². The summed E-state index contributed by atoms with van der Waals surface area (Å²) >= 11 is 7.16. The quantitative estimate of drug-likeness (QED) is 0.635. The molecule has 0 aliphatic rings. The number of ether oxygens (including phenoxy) is 1. The fourth-order valence-corrected chi connectivity index (χ4v) is 3.71. The van der Waals surface area contributed by atoms with Crippen LogP contribution in [0.15, 0.2) is 27.8 Å². The standard InChI is InChI=1S/C16H10ClF4N3O3S/c1-6-13(27-2)23-14(28-6)7-3-10(9(18)4-8(7)17)24-11(16(19,20)21)5-12(25)22-15(24)26/h3-5H,1-2H3,(H,22,25,26). The molecule has 2 heterocycles. The van der Waals surface area contributed by atoms with Crippen LogP contribution < -0.4 is 16.0 Å². The minimum absolute atomic E-state index is 0.0360. The number of rotatable bonds is 3. The Morgan fingerprint density at radius 2 is 1.93 bits per heavy atom. The second kappa shape index (κ2) is 7.06. The molecular weight excluding hydrogens is 426 g/mol. The van der Waals surface area contributed by atoms with Crippen LogP contribution in [0.5, 0.6) is 5.88 Å². The van der Waals surface area contributed by atoms with Crippen molar-refractivity contribution in [1.82, 2.24) is 14.5 Å². The zero-order valence-corrected chi connectivity index (χ0v) is 15.7. The number of H-pyrrole nitrogens is 1. The van der Waals surface area contributed by atoms with E-state index in [1.807, 2.05) is 0 Å². The van der Waals surface area contributed by atoms with Crippen molar-refractivity contribution in [3.8, 4) is 22.1 Å². The van der Waals surface area contributed by atoms with Crippen molar-refractivity contribution >= 4 is 22.9 Å². The summed E-state index contributed by atoms with van der Waals surface area (Å²) in [4.78, 5) is 29.9. The number of hydrogen-bond acceptors (Lipinski definition) is 5. The van der Waals surface area contributed by atoms with Crippen LogP contribution in [0.2, 0.25) is 5.02 Å². The molecule has 0 fully saturated rings. The van der Waals surface area contributed by atoms with E-state index < -0.39 is 34.6 Å². The van der Waals surface area contributed by atoms with Crippen molar-refractivity contribution in [2.45, 2.75) is 13.1 Å². The predicted octanol–water partition coefficient (Wildman–Crippen LogP) is 3.78. The summed E-state index contributed by atoms with van der Waals surface area (Å²) < 4.78 is 59.6. The van der Waals surface area contributed by atoms with Crippen LogP contribution in [0.1, 0.15) is 10.6 Å². The number of aryl methyl sites for hydroxylation is 1. The molecule has 6 nitrogen and oxygen atoms in total. The molecule has 148 valence electrons. The van der Waals surface area contributed by atoms with Crippen LogP contribution in [0.3, 0.4) is 0 Å². The zero-order valence-electron chi connectivity index (χ0n) is 14.1. The molecule has 12 heteroatoms. The number of aromatic nitrogens is 3. The van der Waals surface area contributed by atoms with E-state index in [2.05, 4.69) is 4.98 Å². The summed E-state index contributed by atoms with van der Waals surface area (Å²) in [5.41, 5.74) is -4.97. The van der Waals surface area contributed by atoms with Gasteiger partial charge in [-0.2, -0.15) is 13.2 Å². The zero-order chi connectivity index (χ0) is 20.8. The smallest absolute Gasteiger partial charge is 0.432 e. The summed E-state index contributed by atoms with van der Waals surface area (Å²) in [6, 6.07) is 1.91. The van der Waals surface area contributed by atoms with Crippen molar-refractivity contribution < 1.29 is 22.3 Å². The second-order valence-electron chi connectivity index (χ2n) is 5.53. The molecule has 0 aliphatic carbocycles. The Morgan fingerprint density at radius 3 is 2.50 bits per heavy atom. The number of nitrogens with one attached hydrogen (secondary N) is 1. The molecule has 0 atom stereocenters. The fourth-order valence-electron chi connectivity index (χ4n) is 2.50. The van der Waals surface area contributed by atoms with Crippen LogP contribution in [-0.2, 0) is 6.18 Å². The second-order valence-corrected chi connectivity index (χ2v) is 7.14. The van der Waals surface area contributed by atoms with E-state index in [4.69, 9.17) is 16.3 Å². The van der Waals surface area contributed by atoms with Gasteiger partial charge >= 0.3 is 11.9 Å².